The zero-order chi connectivity index (χ0) is 71.7. The van der Waals surface area contributed by atoms with Gasteiger partial charge >= 0.3 is 7.82 Å². The second kappa shape index (κ2) is 54.8. The fraction of sp³-hybridized carbons (Fsp3) is 0.651. The van der Waals surface area contributed by atoms with Crippen LogP contribution in [0, 0.1) is 5.92 Å². The minimum absolute atomic E-state index is 0.0466. The van der Waals surface area contributed by atoms with Gasteiger partial charge in [0.2, 0.25) is 0 Å². The number of aliphatic hydroxyl groups is 4. The van der Waals surface area contributed by atoms with E-state index in [0.717, 1.165) is 167 Å². The fourth-order valence-electron chi connectivity index (χ4n) is 11.6. The molecule has 1 rings (SSSR count). The Labute approximate surface area is 589 Å². The van der Waals surface area contributed by atoms with Crippen molar-refractivity contribution in [1.29, 1.82) is 0 Å². The molecular formula is C86H143O9P. The van der Waals surface area contributed by atoms with Gasteiger partial charge in [0.1, 0.15) is 24.4 Å². The van der Waals surface area contributed by atoms with E-state index in [9.17, 15) is 29.9 Å². The molecule has 0 aromatic carbocycles. The third kappa shape index (κ3) is 49.5. The summed E-state index contributed by atoms with van der Waals surface area (Å²) < 4.78 is 27.6. The van der Waals surface area contributed by atoms with Crippen LogP contribution in [0.2, 0.25) is 0 Å². The van der Waals surface area contributed by atoms with Crippen molar-refractivity contribution in [2.75, 3.05) is 13.2 Å². The molecule has 0 aromatic heterocycles. The van der Waals surface area contributed by atoms with Crippen LogP contribution in [0.3, 0.4) is 0 Å². The predicted octanol–water partition coefficient (Wildman–Crippen LogP) is 24.9. The summed E-state index contributed by atoms with van der Waals surface area (Å²) >= 11 is 0. The minimum atomic E-state index is -4.64. The van der Waals surface area contributed by atoms with Gasteiger partial charge in [0.25, 0.3) is 0 Å². The molecular weight excluding hydrogens is 1210 g/mol. The molecule has 1 heterocycles. The number of aliphatic hydroxyl groups excluding tert-OH is 4. The van der Waals surface area contributed by atoms with Gasteiger partial charge in [0.15, 0.2) is 6.29 Å². The zero-order valence-electron chi connectivity index (χ0n) is 64.3. The number of phosphoric acid groups is 1. The maximum absolute atomic E-state index is 12.5. The molecule has 0 amide bonds. The molecule has 0 radical (unpaired) electrons. The molecule has 1 aliphatic heterocycles. The summed E-state index contributed by atoms with van der Waals surface area (Å²) in [5.41, 5.74) is 22.3. The van der Waals surface area contributed by atoms with Crippen molar-refractivity contribution in [1.82, 2.24) is 0 Å². The van der Waals surface area contributed by atoms with Crippen LogP contribution in [0.25, 0.3) is 0 Å². The molecule has 9 nitrogen and oxygen atoms in total. The highest BCUT2D eigenvalue weighted by molar-refractivity contribution is 7.47. The van der Waals surface area contributed by atoms with E-state index in [1.54, 1.807) is 0 Å². The Balaban J connectivity index is 2.23. The van der Waals surface area contributed by atoms with E-state index in [-0.39, 0.29) is 12.5 Å². The van der Waals surface area contributed by atoms with Crippen molar-refractivity contribution >= 4 is 7.82 Å². The van der Waals surface area contributed by atoms with Gasteiger partial charge in [-0.05, 0) is 316 Å². The maximum atomic E-state index is 12.5. The molecule has 0 bridgehead atoms. The summed E-state index contributed by atoms with van der Waals surface area (Å²) in [6, 6.07) is 0. The molecule has 546 valence electrons. The smallest absolute Gasteiger partial charge is 0.394 e. The van der Waals surface area contributed by atoms with E-state index in [1.165, 1.54) is 109 Å². The molecule has 5 N–H and O–H groups in total. The molecule has 1 aliphatic rings. The second-order valence-corrected chi connectivity index (χ2v) is 30.5. The first kappa shape index (κ1) is 90.0. The van der Waals surface area contributed by atoms with Crippen LogP contribution >= 0.6 is 7.82 Å². The van der Waals surface area contributed by atoms with Gasteiger partial charge in [-0.15, -0.1) is 0 Å². The minimum Gasteiger partial charge on any atom is -0.394 e. The average molecular weight is 1350 g/mol. The Kier molecular flexibility index (Phi) is 51.4. The van der Waals surface area contributed by atoms with E-state index in [0.29, 0.717) is 6.42 Å². The number of ether oxygens (including phenoxy) is 1. The van der Waals surface area contributed by atoms with Gasteiger partial charge in [-0.2, -0.15) is 0 Å². The van der Waals surface area contributed by atoms with Crippen LogP contribution < -0.4 is 0 Å². The Morgan fingerprint density at radius 2 is 0.562 bits per heavy atom. The quantitative estimate of drug-likeness (QED) is 0.0297. The molecule has 1 fully saturated rings. The Hall–Kier alpha value is -3.99. The molecule has 0 aromatic rings. The molecule has 0 aliphatic carbocycles. The van der Waals surface area contributed by atoms with Gasteiger partial charge in [-0.3, -0.25) is 9.05 Å². The van der Waals surface area contributed by atoms with E-state index < -0.39 is 45.1 Å². The Morgan fingerprint density at radius 1 is 0.344 bits per heavy atom. The van der Waals surface area contributed by atoms with Crippen LogP contribution in [0.15, 0.2) is 175 Å². The first-order chi connectivity index (χ1) is 45.6. The molecule has 7 atom stereocenters. The summed E-state index contributed by atoms with van der Waals surface area (Å²) in [6.45, 7) is 37.6. The lowest BCUT2D eigenvalue weighted by Crippen LogP contribution is -2.58. The van der Waals surface area contributed by atoms with Gasteiger partial charge < -0.3 is 30.1 Å². The Morgan fingerprint density at radius 3 is 0.781 bits per heavy atom. The lowest BCUT2D eigenvalue weighted by atomic mass is 10.00. The first-order valence-electron chi connectivity index (χ1n) is 37.4. The number of phosphoric ester groups is 1. The van der Waals surface area contributed by atoms with E-state index in [1.807, 2.05) is 0 Å². The van der Waals surface area contributed by atoms with Crippen molar-refractivity contribution in [3.8, 4) is 0 Å². The molecule has 10 heteroatoms. The summed E-state index contributed by atoms with van der Waals surface area (Å²) in [5.74, 6) is 0.226. The van der Waals surface area contributed by atoms with Crippen LogP contribution in [0.5, 0.6) is 0 Å². The van der Waals surface area contributed by atoms with Crippen LogP contribution in [-0.2, 0) is 18.3 Å². The standard InChI is InChI=1S/C86H143O9P/c1-66(2)33-18-34-67(3)35-19-36-68(4)37-20-38-69(5)39-21-40-70(6)41-22-42-71(7)43-23-44-72(8)45-24-46-73(9)47-25-48-74(10)49-26-50-75(11)51-27-52-76(12)53-28-54-77(13)55-29-56-78(14)57-30-58-79(15)59-31-60-80(16)61-32-62-81(17)63-64-93-96(91,92)95-86-85(90)84(89)83(88)82(65-87)94-86/h33,35,37,39,41,43,45,47,49,51,53,55,57,59,61,81-90H,18-32,34,36,38,40,42,44,46,48,50,52,54,56,58,60,62-65H2,1-17H3,(H,91,92). The van der Waals surface area contributed by atoms with E-state index in [4.69, 9.17) is 13.8 Å². The van der Waals surface area contributed by atoms with Crippen molar-refractivity contribution in [2.24, 2.45) is 5.92 Å². The van der Waals surface area contributed by atoms with Gasteiger partial charge in [-0.25, -0.2) is 4.57 Å². The highest BCUT2D eigenvalue weighted by Gasteiger charge is 2.46. The molecule has 0 saturated carbocycles. The van der Waals surface area contributed by atoms with Gasteiger partial charge in [-0.1, -0.05) is 182 Å². The van der Waals surface area contributed by atoms with Crippen molar-refractivity contribution in [3.63, 3.8) is 0 Å². The zero-order valence-corrected chi connectivity index (χ0v) is 65.2. The number of rotatable bonds is 52. The Bertz CT molecular complexity index is 2720. The average Bonchev–Trinajstić information content (AvgIpc) is 0.815. The van der Waals surface area contributed by atoms with Crippen LogP contribution in [0.1, 0.15) is 317 Å². The van der Waals surface area contributed by atoms with E-state index >= 15 is 0 Å². The topological polar surface area (TPSA) is 146 Å². The SMILES string of the molecule is CC(C)=CCCC(C)=CCCC(C)=CCCC(C)=CCCC(C)=CCCC(C)=CCCC(C)=CCCC(C)=CCCC(C)=CCCC(C)=CCCC(C)=CCCC(C)=CCCC(C)=CCCC(C)=CCCC(C)=CCCC(C)CCOP(=O)(O)OC1OC(CO)C(O)C(O)C1O. The highest BCUT2D eigenvalue weighted by atomic mass is 31.2. The monoisotopic (exact) mass is 1350 g/mol. The fourth-order valence-corrected chi connectivity index (χ4v) is 12.4. The largest absolute Gasteiger partial charge is 0.474 e. The normalized spacial score (nSPS) is 20.4. The third-order valence-electron chi connectivity index (χ3n) is 18.6. The van der Waals surface area contributed by atoms with Gasteiger partial charge in [0, 0.05) is 0 Å². The van der Waals surface area contributed by atoms with Crippen molar-refractivity contribution < 1.29 is 43.7 Å². The number of allylic oxidation sites excluding steroid dienone is 30. The lowest BCUT2D eigenvalue weighted by molar-refractivity contribution is -0.281. The molecule has 0 spiro atoms. The summed E-state index contributed by atoms with van der Waals surface area (Å²) in [5, 5.41) is 39.3. The van der Waals surface area contributed by atoms with Crippen LogP contribution in [-0.4, -0.2) is 69.2 Å². The summed E-state index contributed by atoms with van der Waals surface area (Å²) in [6.07, 6.45) is 62.3. The molecule has 1 saturated heterocycles. The summed E-state index contributed by atoms with van der Waals surface area (Å²) in [7, 11) is -4.64. The summed E-state index contributed by atoms with van der Waals surface area (Å²) in [4.78, 5) is 10.1. The predicted molar refractivity (Wildman–Crippen MR) is 415 cm³/mol. The number of hydrogen-bond acceptors (Lipinski definition) is 8. The third-order valence-corrected chi connectivity index (χ3v) is 19.6. The maximum Gasteiger partial charge on any atom is 0.474 e. The number of hydrogen-bond donors (Lipinski definition) is 5. The first-order valence-corrected chi connectivity index (χ1v) is 38.9. The van der Waals surface area contributed by atoms with Crippen LogP contribution in [0.4, 0.5) is 0 Å². The van der Waals surface area contributed by atoms with E-state index in [2.05, 4.69) is 209 Å². The highest BCUT2D eigenvalue weighted by Crippen LogP contribution is 2.47. The molecule has 7 unspecified atom stereocenters. The second-order valence-electron chi connectivity index (χ2n) is 29.1. The van der Waals surface area contributed by atoms with Crippen molar-refractivity contribution in [3.05, 3.63) is 175 Å². The van der Waals surface area contributed by atoms with Gasteiger partial charge in [0.05, 0.1) is 13.2 Å². The van der Waals surface area contributed by atoms with Crippen molar-refractivity contribution in [2.45, 2.75) is 347 Å². The lowest BCUT2D eigenvalue weighted by Gasteiger charge is -2.39. The molecule has 96 heavy (non-hydrogen) atoms.